The van der Waals surface area contributed by atoms with Crippen LogP contribution in [0.15, 0.2) is 18.2 Å². The highest BCUT2D eigenvalue weighted by Crippen LogP contribution is 2.22. The molecule has 0 radical (unpaired) electrons. The number of nitro benzene ring substituents is 1. The summed E-state index contributed by atoms with van der Waals surface area (Å²) in [6.07, 6.45) is 0. The first-order valence-electron chi connectivity index (χ1n) is 3.60. The Morgan fingerprint density at radius 2 is 1.69 bits per heavy atom. The number of benzene rings is 1. The highest BCUT2D eigenvalue weighted by atomic mass is 32.3. The molecule has 1 aromatic carbocycles. The molecule has 0 aliphatic carbocycles. The summed E-state index contributed by atoms with van der Waals surface area (Å²) in [5.41, 5.74) is 11.0. The van der Waals surface area contributed by atoms with Crippen molar-refractivity contribution in [3.63, 3.8) is 0 Å². The number of rotatable bonds is 1. The van der Waals surface area contributed by atoms with Gasteiger partial charge in [0.25, 0.3) is 5.69 Å². The molecule has 0 bridgehead atoms. The molecule has 0 aliphatic heterocycles. The summed E-state index contributed by atoms with van der Waals surface area (Å²) in [6, 6.07) is 4.08. The van der Waals surface area contributed by atoms with Gasteiger partial charge in [-0.2, -0.15) is 8.42 Å². The van der Waals surface area contributed by atoms with Gasteiger partial charge in [0.15, 0.2) is 0 Å². The normalized spacial score (nSPS) is 10.1. The minimum atomic E-state index is -4.67. The van der Waals surface area contributed by atoms with E-state index in [0.717, 1.165) is 0 Å². The van der Waals surface area contributed by atoms with Gasteiger partial charge in [0.2, 0.25) is 0 Å². The van der Waals surface area contributed by atoms with Crippen LogP contribution in [-0.2, 0) is 10.4 Å². The third-order valence-electron chi connectivity index (χ3n) is 1.25. The zero-order chi connectivity index (χ0) is 12.9. The lowest BCUT2D eigenvalue weighted by molar-refractivity contribution is -0.383. The van der Waals surface area contributed by atoms with Crippen LogP contribution in [0.4, 0.5) is 17.1 Å². The standard InChI is InChI=1S/C6H7N3O2.H2O4S/c7-4-1-2-6(9(10)11)5(8)3-4;1-5(2,3)4/h1-3H,7-8H2;(H2,1,2,3,4). The van der Waals surface area contributed by atoms with Gasteiger partial charge in [-0.15, -0.1) is 0 Å². The molecule has 0 saturated heterocycles. The molecule has 1 rings (SSSR count). The van der Waals surface area contributed by atoms with Crippen LogP contribution in [-0.4, -0.2) is 22.4 Å². The van der Waals surface area contributed by atoms with Crippen molar-refractivity contribution in [2.45, 2.75) is 0 Å². The lowest BCUT2D eigenvalue weighted by atomic mass is 10.2. The van der Waals surface area contributed by atoms with E-state index in [1.54, 1.807) is 0 Å². The zero-order valence-electron chi connectivity index (χ0n) is 7.77. The van der Waals surface area contributed by atoms with Crippen LogP contribution >= 0.6 is 0 Å². The third kappa shape index (κ3) is 6.53. The number of anilines is 2. The molecule has 10 heteroatoms. The summed E-state index contributed by atoms with van der Waals surface area (Å²) in [5.74, 6) is 0. The van der Waals surface area contributed by atoms with E-state index in [4.69, 9.17) is 29.0 Å². The maximum Gasteiger partial charge on any atom is 0.394 e. The fraction of sp³-hybridized carbons (Fsp3) is 0. The summed E-state index contributed by atoms with van der Waals surface area (Å²) < 4.78 is 31.6. The first-order chi connectivity index (χ1) is 7.11. The van der Waals surface area contributed by atoms with E-state index in [9.17, 15) is 10.1 Å². The van der Waals surface area contributed by atoms with Crippen LogP contribution in [0.5, 0.6) is 0 Å². The first-order valence-corrected chi connectivity index (χ1v) is 5.00. The maximum absolute atomic E-state index is 10.2. The molecule has 0 spiro atoms. The van der Waals surface area contributed by atoms with E-state index in [0.29, 0.717) is 5.69 Å². The van der Waals surface area contributed by atoms with Crippen molar-refractivity contribution in [1.29, 1.82) is 0 Å². The number of hydrogen-bond donors (Lipinski definition) is 4. The van der Waals surface area contributed by atoms with E-state index < -0.39 is 15.3 Å². The Balaban J connectivity index is 0.000000385. The second-order valence-corrected chi connectivity index (χ2v) is 3.42. The monoisotopic (exact) mass is 251 g/mol. The molecule has 6 N–H and O–H groups in total. The van der Waals surface area contributed by atoms with Gasteiger partial charge in [-0.3, -0.25) is 19.2 Å². The Morgan fingerprint density at radius 1 is 1.25 bits per heavy atom. The average molecular weight is 251 g/mol. The van der Waals surface area contributed by atoms with E-state index in [1.807, 2.05) is 0 Å². The van der Waals surface area contributed by atoms with Gasteiger partial charge in [-0.05, 0) is 12.1 Å². The number of nitrogens with zero attached hydrogens (tertiary/aromatic N) is 1. The minimum Gasteiger partial charge on any atom is -0.399 e. The van der Waals surface area contributed by atoms with Crippen molar-refractivity contribution in [3.05, 3.63) is 28.3 Å². The molecule has 0 heterocycles. The van der Waals surface area contributed by atoms with E-state index in [2.05, 4.69) is 0 Å². The van der Waals surface area contributed by atoms with Crippen LogP contribution in [0.1, 0.15) is 0 Å². The number of nitrogens with two attached hydrogens (primary N) is 2. The van der Waals surface area contributed by atoms with Crippen molar-refractivity contribution in [3.8, 4) is 0 Å². The Bertz CT molecular complexity index is 477. The summed E-state index contributed by atoms with van der Waals surface area (Å²) in [4.78, 5) is 9.67. The van der Waals surface area contributed by atoms with Gasteiger partial charge in [-0.1, -0.05) is 0 Å². The van der Waals surface area contributed by atoms with Crippen LogP contribution in [0.2, 0.25) is 0 Å². The molecule has 0 saturated carbocycles. The molecule has 0 unspecified atom stereocenters. The number of nitro groups is 1. The van der Waals surface area contributed by atoms with Gasteiger partial charge in [-0.25, -0.2) is 0 Å². The SMILES string of the molecule is Nc1ccc([N+](=O)[O-])c(N)c1.O=S(=O)(O)O. The lowest BCUT2D eigenvalue weighted by Crippen LogP contribution is -1.96. The Labute approximate surface area is 90.4 Å². The van der Waals surface area contributed by atoms with Gasteiger partial charge in [0.1, 0.15) is 5.69 Å². The van der Waals surface area contributed by atoms with Crippen molar-refractivity contribution in [1.82, 2.24) is 0 Å². The van der Waals surface area contributed by atoms with Crippen LogP contribution in [0, 0.1) is 10.1 Å². The second kappa shape index (κ2) is 5.25. The third-order valence-corrected chi connectivity index (χ3v) is 1.25. The highest BCUT2D eigenvalue weighted by Gasteiger charge is 2.09. The van der Waals surface area contributed by atoms with Gasteiger partial charge >= 0.3 is 10.4 Å². The number of hydrogen-bond acceptors (Lipinski definition) is 6. The summed E-state index contributed by atoms with van der Waals surface area (Å²) >= 11 is 0. The lowest BCUT2D eigenvalue weighted by Gasteiger charge is -1.96. The average Bonchev–Trinajstić information content (AvgIpc) is 1.99. The van der Waals surface area contributed by atoms with Crippen LogP contribution in [0.3, 0.4) is 0 Å². The Hall–Kier alpha value is -1.91. The van der Waals surface area contributed by atoms with Gasteiger partial charge in [0.05, 0.1) is 4.92 Å². The molecule has 0 fully saturated rings. The van der Waals surface area contributed by atoms with Crippen molar-refractivity contribution in [2.75, 3.05) is 11.5 Å². The fourth-order valence-corrected chi connectivity index (χ4v) is 0.739. The summed E-state index contributed by atoms with van der Waals surface area (Å²) in [7, 11) is -4.67. The van der Waals surface area contributed by atoms with Crippen molar-refractivity contribution < 1.29 is 22.4 Å². The molecule has 0 aliphatic rings. The first kappa shape index (κ1) is 14.1. The molecule has 90 valence electrons. The smallest absolute Gasteiger partial charge is 0.394 e. The molecule has 0 aromatic heterocycles. The predicted molar refractivity (Wildman–Crippen MR) is 56.1 cm³/mol. The van der Waals surface area contributed by atoms with E-state index in [1.165, 1.54) is 18.2 Å². The van der Waals surface area contributed by atoms with Crippen molar-refractivity contribution >= 4 is 27.5 Å². The molecule has 9 nitrogen and oxygen atoms in total. The van der Waals surface area contributed by atoms with E-state index >= 15 is 0 Å². The molecular formula is C6H9N3O6S. The van der Waals surface area contributed by atoms with Gasteiger partial charge < -0.3 is 11.5 Å². The molecule has 16 heavy (non-hydrogen) atoms. The van der Waals surface area contributed by atoms with Crippen LogP contribution < -0.4 is 11.5 Å². The number of nitrogen functional groups attached to an aromatic ring is 2. The van der Waals surface area contributed by atoms with Crippen LogP contribution in [0.25, 0.3) is 0 Å². The summed E-state index contributed by atoms with van der Waals surface area (Å²) in [5, 5.41) is 10.2. The largest absolute Gasteiger partial charge is 0.399 e. The van der Waals surface area contributed by atoms with E-state index in [-0.39, 0.29) is 11.4 Å². The van der Waals surface area contributed by atoms with Gasteiger partial charge in [0, 0.05) is 11.8 Å². The molecular weight excluding hydrogens is 242 g/mol. The Morgan fingerprint density at radius 3 is 2.00 bits per heavy atom. The molecule has 1 aromatic rings. The Kier molecular flexibility index (Phi) is 4.62. The fourth-order valence-electron chi connectivity index (χ4n) is 0.739. The molecule has 0 amide bonds. The van der Waals surface area contributed by atoms with Crippen molar-refractivity contribution in [2.24, 2.45) is 0 Å². The maximum atomic E-state index is 10.2. The summed E-state index contributed by atoms with van der Waals surface area (Å²) in [6.45, 7) is 0. The quantitative estimate of drug-likeness (QED) is 0.235. The minimum absolute atomic E-state index is 0.0926. The topological polar surface area (TPSA) is 170 Å². The molecule has 0 atom stereocenters. The highest BCUT2D eigenvalue weighted by molar-refractivity contribution is 7.79. The second-order valence-electron chi connectivity index (χ2n) is 2.52. The predicted octanol–water partition coefficient (Wildman–Crippen LogP) is 0.106. The zero-order valence-corrected chi connectivity index (χ0v) is 8.59.